The summed E-state index contributed by atoms with van der Waals surface area (Å²) in [5.74, 6) is -0.287. The van der Waals surface area contributed by atoms with Crippen molar-refractivity contribution in [3.63, 3.8) is 0 Å². The Hall–Kier alpha value is -3.05. The summed E-state index contributed by atoms with van der Waals surface area (Å²) in [4.78, 5) is 26.2. The number of benzene rings is 3. The Balaban J connectivity index is 1.82. The van der Waals surface area contributed by atoms with E-state index in [0.29, 0.717) is 17.8 Å². The number of carbonyl (C=O) groups is 2. The predicted molar refractivity (Wildman–Crippen MR) is 115 cm³/mol. The zero-order chi connectivity index (χ0) is 19.8. The molecule has 0 aliphatic rings. The lowest BCUT2D eigenvalue weighted by Gasteiger charge is -2.17. The van der Waals surface area contributed by atoms with Gasteiger partial charge in [-0.05, 0) is 42.8 Å². The van der Waals surface area contributed by atoms with Gasteiger partial charge in [0.1, 0.15) is 5.25 Å². The molecule has 0 bridgehead atoms. The van der Waals surface area contributed by atoms with Gasteiger partial charge in [-0.3, -0.25) is 9.59 Å². The predicted octanol–water partition coefficient (Wildman–Crippen LogP) is 4.91. The van der Waals surface area contributed by atoms with Crippen LogP contribution in [0.15, 0.2) is 89.8 Å². The molecule has 0 heterocycles. The molecule has 28 heavy (non-hydrogen) atoms. The number of thioether (sulfide) groups is 1. The van der Waals surface area contributed by atoms with Crippen molar-refractivity contribution in [2.24, 2.45) is 0 Å². The summed E-state index contributed by atoms with van der Waals surface area (Å²) in [7, 11) is 0. The van der Waals surface area contributed by atoms with Crippen molar-refractivity contribution < 1.29 is 9.59 Å². The average molecular weight is 391 g/mol. The highest BCUT2D eigenvalue weighted by Gasteiger charge is 2.22. The first kappa shape index (κ1) is 19.7. The average Bonchev–Trinajstić information content (AvgIpc) is 2.73. The number of carbonyl (C=O) groups excluding carboxylic acids is 2. The highest BCUT2D eigenvalue weighted by atomic mass is 32.2. The van der Waals surface area contributed by atoms with Crippen molar-refractivity contribution in [2.45, 2.75) is 17.1 Å². The second-order valence-corrected chi connectivity index (χ2v) is 7.33. The van der Waals surface area contributed by atoms with Crippen LogP contribution < -0.4 is 10.6 Å². The summed E-state index contributed by atoms with van der Waals surface area (Å²) in [6.45, 7) is 2.42. The van der Waals surface area contributed by atoms with Crippen molar-refractivity contribution >= 4 is 29.3 Å². The van der Waals surface area contributed by atoms with Gasteiger partial charge < -0.3 is 10.6 Å². The van der Waals surface area contributed by atoms with E-state index in [1.807, 2.05) is 67.6 Å². The van der Waals surface area contributed by atoms with Gasteiger partial charge >= 0.3 is 0 Å². The van der Waals surface area contributed by atoms with Crippen molar-refractivity contribution in [3.05, 3.63) is 96.1 Å². The first-order chi connectivity index (χ1) is 13.7. The molecule has 0 radical (unpaired) electrons. The molecule has 4 nitrogen and oxygen atoms in total. The number of amides is 2. The van der Waals surface area contributed by atoms with Gasteiger partial charge in [0.05, 0.1) is 0 Å². The molecule has 1 atom stereocenters. The first-order valence-electron chi connectivity index (χ1n) is 9.13. The minimum Gasteiger partial charge on any atom is -0.352 e. The van der Waals surface area contributed by atoms with Gasteiger partial charge in [-0.25, -0.2) is 0 Å². The van der Waals surface area contributed by atoms with E-state index in [-0.39, 0.29) is 11.8 Å². The quantitative estimate of drug-likeness (QED) is 0.564. The smallest absolute Gasteiger partial charge is 0.251 e. The molecule has 0 saturated carbocycles. The maximum atomic E-state index is 13.1. The lowest BCUT2D eigenvalue weighted by atomic mass is 10.1. The highest BCUT2D eigenvalue weighted by Crippen LogP contribution is 2.36. The zero-order valence-corrected chi connectivity index (χ0v) is 16.4. The molecule has 5 heteroatoms. The number of hydrogen-bond donors (Lipinski definition) is 2. The zero-order valence-electron chi connectivity index (χ0n) is 15.6. The van der Waals surface area contributed by atoms with Crippen LogP contribution >= 0.6 is 11.8 Å². The Morgan fingerprint density at radius 2 is 1.57 bits per heavy atom. The minimum atomic E-state index is -0.406. The van der Waals surface area contributed by atoms with Crippen LogP contribution in [0.25, 0.3) is 0 Å². The Labute approximate surface area is 169 Å². The van der Waals surface area contributed by atoms with Crippen LogP contribution in [0.2, 0.25) is 0 Å². The minimum absolute atomic E-state index is 0.131. The number of nitrogens with one attached hydrogen (secondary N) is 2. The molecule has 2 amide bonds. The van der Waals surface area contributed by atoms with Crippen LogP contribution in [0.5, 0.6) is 0 Å². The number of hydrogen-bond acceptors (Lipinski definition) is 3. The third-order valence-corrected chi connectivity index (χ3v) is 5.33. The third-order valence-electron chi connectivity index (χ3n) is 4.07. The molecule has 3 aromatic rings. The molecule has 0 spiro atoms. The Morgan fingerprint density at radius 1 is 0.893 bits per heavy atom. The van der Waals surface area contributed by atoms with Crippen molar-refractivity contribution in [2.75, 3.05) is 11.9 Å². The van der Waals surface area contributed by atoms with E-state index in [2.05, 4.69) is 10.6 Å². The van der Waals surface area contributed by atoms with Gasteiger partial charge in [0, 0.05) is 22.7 Å². The molecular formula is C23H22N2O2S. The molecule has 0 saturated heterocycles. The van der Waals surface area contributed by atoms with Crippen LogP contribution in [-0.2, 0) is 4.79 Å². The van der Waals surface area contributed by atoms with Crippen molar-refractivity contribution in [1.82, 2.24) is 5.32 Å². The van der Waals surface area contributed by atoms with Crippen LogP contribution in [0.1, 0.15) is 28.1 Å². The fourth-order valence-electron chi connectivity index (χ4n) is 2.74. The van der Waals surface area contributed by atoms with Gasteiger partial charge in [0.2, 0.25) is 5.91 Å². The summed E-state index contributed by atoms with van der Waals surface area (Å²) in [5, 5.41) is 5.32. The molecule has 142 valence electrons. The molecule has 0 aromatic heterocycles. The van der Waals surface area contributed by atoms with E-state index in [1.165, 1.54) is 11.8 Å². The summed E-state index contributed by atoms with van der Waals surface area (Å²) in [6, 6.07) is 26.5. The number of anilines is 1. The Bertz CT molecular complexity index is 930. The maximum Gasteiger partial charge on any atom is 0.251 e. The van der Waals surface area contributed by atoms with Gasteiger partial charge in [-0.15, -0.1) is 11.8 Å². The van der Waals surface area contributed by atoms with E-state index in [1.54, 1.807) is 24.3 Å². The summed E-state index contributed by atoms with van der Waals surface area (Å²) in [6.07, 6.45) is 0. The van der Waals surface area contributed by atoms with E-state index in [4.69, 9.17) is 0 Å². The van der Waals surface area contributed by atoms with Crippen LogP contribution in [0.3, 0.4) is 0 Å². The standard InChI is InChI=1S/C23H22N2O2S/c1-2-24-22(26)18-12-9-13-19(16-18)25-23(27)21(17-10-5-3-6-11-17)28-20-14-7-4-8-15-20/h3-16,21H,2H2,1H3,(H,24,26)(H,25,27). The number of rotatable bonds is 7. The highest BCUT2D eigenvalue weighted by molar-refractivity contribution is 8.00. The molecule has 3 rings (SSSR count). The van der Waals surface area contributed by atoms with Crippen LogP contribution in [-0.4, -0.2) is 18.4 Å². The van der Waals surface area contributed by atoms with E-state index in [0.717, 1.165) is 10.5 Å². The van der Waals surface area contributed by atoms with Gasteiger partial charge in [0.25, 0.3) is 5.91 Å². The second-order valence-electron chi connectivity index (χ2n) is 6.15. The molecule has 0 aliphatic heterocycles. The molecule has 0 aliphatic carbocycles. The lowest BCUT2D eigenvalue weighted by molar-refractivity contribution is -0.115. The largest absolute Gasteiger partial charge is 0.352 e. The summed E-state index contributed by atoms with van der Waals surface area (Å²) < 4.78 is 0. The van der Waals surface area contributed by atoms with Crippen LogP contribution in [0.4, 0.5) is 5.69 Å². The Kier molecular flexibility index (Phi) is 6.87. The lowest BCUT2D eigenvalue weighted by Crippen LogP contribution is -2.23. The van der Waals surface area contributed by atoms with E-state index in [9.17, 15) is 9.59 Å². The molecule has 0 fully saturated rings. The fraction of sp³-hybridized carbons (Fsp3) is 0.130. The Morgan fingerprint density at radius 3 is 2.25 bits per heavy atom. The summed E-state index contributed by atoms with van der Waals surface area (Å²) in [5.41, 5.74) is 2.05. The van der Waals surface area contributed by atoms with Crippen molar-refractivity contribution in [1.29, 1.82) is 0 Å². The van der Waals surface area contributed by atoms with E-state index >= 15 is 0 Å². The molecule has 3 aromatic carbocycles. The van der Waals surface area contributed by atoms with Crippen LogP contribution in [0, 0.1) is 0 Å². The second kappa shape index (κ2) is 9.76. The summed E-state index contributed by atoms with van der Waals surface area (Å²) >= 11 is 1.50. The first-order valence-corrected chi connectivity index (χ1v) is 10.0. The monoisotopic (exact) mass is 390 g/mol. The van der Waals surface area contributed by atoms with Crippen molar-refractivity contribution in [3.8, 4) is 0 Å². The molecule has 2 N–H and O–H groups in total. The van der Waals surface area contributed by atoms with Gasteiger partial charge in [-0.1, -0.05) is 54.6 Å². The normalized spacial score (nSPS) is 11.5. The van der Waals surface area contributed by atoms with Gasteiger partial charge in [-0.2, -0.15) is 0 Å². The fourth-order valence-corrected chi connectivity index (χ4v) is 3.79. The molecule has 1 unspecified atom stereocenters. The van der Waals surface area contributed by atoms with Gasteiger partial charge in [0.15, 0.2) is 0 Å². The van der Waals surface area contributed by atoms with E-state index < -0.39 is 5.25 Å². The topological polar surface area (TPSA) is 58.2 Å². The third kappa shape index (κ3) is 5.24. The molecular weight excluding hydrogens is 368 g/mol. The SMILES string of the molecule is CCNC(=O)c1cccc(NC(=O)C(Sc2ccccc2)c2ccccc2)c1. The maximum absolute atomic E-state index is 13.1.